The van der Waals surface area contributed by atoms with Crippen LogP contribution in [0.25, 0.3) is 0 Å². The van der Waals surface area contributed by atoms with Gasteiger partial charge in [-0.25, -0.2) is 0 Å². The highest BCUT2D eigenvalue weighted by molar-refractivity contribution is 6.05. The molecule has 2 rings (SSSR count). The molecule has 1 unspecified atom stereocenters. The number of imide groups is 1. The van der Waals surface area contributed by atoms with E-state index in [1.807, 2.05) is 0 Å². The van der Waals surface area contributed by atoms with E-state index in [-0.39, 0.29) is 23.9 Å². The standard InChI is InChI=1S/C14H20N2O2/c1-2-3-9-15-12-10-13(17)16(14(12)18)11-7-5-4-6-8-11/h1,11-12,15H,3-10H2. The van der Waals surface area contributed by atoms with Gasteiger partial charge >= 0.3 is 0 Å². The fourth-order valence-electron chi connectivity index (χ4n) is 2.85. The molecule has 0 aromatic rings. The molecule has 2 aliphatic rings. The molecule has 2 fully saturated rings. The van der Waals surface area contributed by atoms with Crippen LogP contribution in [0.15, 0.2) is 0 Å². The molecular formula is C14H20N2O2. The number of nitrogens with zero attached hydrogens (tertiary/aromatic N) is 1. The summed E-state index contributed by atoms with van der Waals surface area (Å²) < 4.78 is 0. The first kappa shape index (κ1) is 13.1. The van der Waals surface area contributed by atoms with Gasteiger partial charge in [0.2, 0.25) is 11.8 Å². The quantitative estimate of drug-likeness (QED) is 0.460. The molecule has 1 aliphatic heterocycles. The third-order valence-electron chi connectivity index (χ3n) is 3.78. The molecule has 0 radical (unpaired) electrons. The fourth-order valence-corrected chi connectivity index (χ4v) is 2.85. The van der Waals surface area contributed by atoms with Gasteiger partial charge in [0.05, 0.1) is 12.5 Å². The molecule has 4 nitrogen and oxygen atoms in total. The van der Waals surface area contributed by atoms with E-state index in [1.165, 1.54) is 11.3 Å². The minimum absolute atomic E-state index is 0.0230. The molecule has 0 spiro atoms. The van der Waals surface area contributed by atoms with Crippen LogP contribution in [0.5, 0.6) is 0 Å². The topological polar surface area (TPSA) is 49.4 Å². The van der Waals surface area contributed by atoms with Crippen LogP contribution in [-0.4, -0.2) is 35.3 Å². The molecule has 18 heavy (non-hydrogen) atoms. The van der Waals surface area contributed by atoms with Crippen molar-refractivity contribution in [3.63, 3.8) is 0 Å². The van der Waals surface area contributed by atoms with E-state index in [0.717, 1.165) is 25.7 Å². The van der Waals surface area contributed by atoms with E-state index in [0.29, 0.717) is 19.4 Å². The Kier molecular flexibility index (Phi) is 4.38. The van der Waals surface area contributed by atoms with E-state index < -0.39 is 0 Å². The highest BCUT2D eigenvalue weighted by Gasteiger charge is 2.41. The maximum absolute atomic E-state index is 12.2. The Morgan fingerprint density at radius 1 is 1.28 bits per heavy atom. The second-order valence-electron chi connectivity index (χ2n) is 5.06. The van der Waals surface area contributed by atoms with Crippen LogP contribution < -0.4 is 5.32 Å². The van der Waals surface area contributed by atoms with Crippen molar-refractivity contribution in [1.29, 1.82) is 0 Å². The molecule has 0 aromatic carbocycles. The van der Waals surface area contributed by atoms with Crippen molar-refractivity contribution in [3.8, 4) is 12.3 Å². The Balaban J connectivity index is 1.93. The summed E-state index contributed by atoms with van der Waals surface area (Å²) in [6.07, 6.45) is 11.4. The van der Waals surface area contributed by atoms with E-state index in [9.17, 15) is 9.59 Å². The molecule has 0 bridgehead atoms. The number of amides is 2. The minimum Gasteiger partial charge on any atom is -0.304 e. The van der Waals surface area contributed by atoms with E-state index in [1.54, 1.807) is 0 Å². The molecule has 98 valence electrons. The van der Waals surface area contributed by atoms with Crippen molar-refractivity contribution in [1.82, 2.24) is 10.2 Å². The smallest absolute Gasteiger partial charge is 0.247 e. The van der Waals surface area contributed by atoms with Crippen LogP contribution in [0.4, 0.5) is 0 Å². The van der Waals surface area contributed by atoms with E-state index in [2.05, 4.69) is 11.2 Å². The molecule has 1 N–H and O–H groups in total. The lowest BCUT2D eigenvalue weighted by atomic mass is 9.94. The van der Waals surface area contributed by atoms with Crippen LogP contribution in [0, 0.1) is 12.3 Å². The second-order valence-corrected chi connectivity index (χ2v) is 5.06. The van der Waals surface area contributed by atoms with Crippen LogP contribution in [-0.2, 0) is 9.59 Å². The molecule has 4 heteroatoms. The van der Waals surface area contributed by atoms with Gasteiger partial charge < -0.3 is 5.32 Å². The lowest BCUT2D eigenvalue weighted by Crippen LogP contribution is -2.44. The van der Waals surface area contributed by atoms with Gasteiger partial charge in [0.15, 0.2) is 0 Å². The summed E-state index contributed by atoms with van der Waals surface area (Å²) in [7, 11) is 0. The van der Waals surface area contributed by atoms with Gasteiger partial charge in [-0.3, -0.25) is 14.5 Å². The molecular weight excluding hydrogens is 228 g/mol. The van der Waals surface area contributed by atoms with Gasteiger partial charge in [0.25, 0.3) is 0 Å². The zero-order valence-electron chi connectivity index (χ0n) is 10.7. The van der Waals surface area contributed by atoms with Gasteiger partial charge in [0.1, 0.15) is 0 Å². The zero-order chi connectivity index (χ0) is 13.0. The summed E-state index contributed by atoms with van der Waals surface area (Å²) in [5.41, 5.74) is 0. The molecule has 1 saturated heterocycles. The number of nitrogens with one attached hydrogen (secondary N) is 1. The predicted molar refractivity (Wildman–Crippen MR) is 68.6 cm³/mol. The number of hydrogen-bond acceptors (Lipinski definition) is 3. The number of terminal acetylenes is 1. The van der Waals surface area contributed by atoms with Gasteiger partial charge in [-0.1, -0.05) is 19.3 Å². The van der Waals surface area contributed by atoms with Crippen molar-refractivity contribution < 1.29 is 9.59 Å². The summed E-state index contributed by atoms with van der Waals surface area (Å²) >= 11 is 0. The zero-order valence-corrected chi connectivity index (χ0v) is 10.7. The summed E-state index contributed by atoms with van der Waals surface area (Å²) in [5, 5.41) is 3.08. The average Bonchev–Trinajstić information content (AvgIpc) is 2.66. The molecule has 2 amide bonds. The van der Waals surface area contributed by atoms with E-state index in [4.69, 9.17) is 6.42 Å². The van der Waals surface area contributed by atoms with Gasteiger partial charge in [-0.2, -0.15) is 0 Å². The Morgan fingerprint density at radius 2 is 2.00 bits per heavy atom. The van der Waals surface area contributed by atoms with Gasteiger partial charge in [-0.15, -0.1) is 12.3 Å². The molecule has 1 heterocycles. The highest BCUT2D eigenvalue weighted by Crippen LogP contribution is 2.27. The Labute approximate surface area is 108 Å². The highest BCUT2D eigenvalue weighted by atomic mass is 16.2. The third kappa shape index (κ3) is 2.73. The second kappa shape index (κ2) is 6.01. The molecule has 1 aliphatic carbocycles. The average molecular weight is 248 g/mol. The van der Waals surface area contributed by atoms with Crippen molar-refractivity contribution >= 4 is 11.8 Å². The number of carbonyl (C=O) groups is 2. The number of hydrogen-bond donors (Lipinski definition) is 1. The van der Waals surface area contributed by atoms with Crippen molar-refractivity contribution in [3.05, 3.63) is 0 Å². The first-order valence-electron chi connectivity index (χ1n) is 6.77. The number of likely N-dealkylation sites (tertiary alicyclic amines) is 1. The minimum atomic E-state index is -0.354. The lowest BCUT2D eigenvalue weighted by Gasteiger charge is -2.29. The van der Waals surface area contributed by atoms with Crippen molar-refractivity contribution in [2.24, 2.45) is 0 Å². The summed E-state index contributed by atoms with van der Waals surface area (Å²) in [4.78, 5) is 25.7. The maximum atomic E-state index is 12.2. The van der Waals surface area contributed by atoms with Gasteiger partial charge in [0, 0.05) is 19.0 Å². The summed E-state index contributed by atoms with van der Waals surface area (Å²) in [5.74, 6) is 2.44. The first-order chi connectivity index (χ1) is 8.74. The molecule has 0 aromatic heterocycles. The molecule has 1 atom stereocenters. The van der Waals surface area contributed by atoms with Crippen LogP contribution in [0.2, 0.25) is 0 Å². The predicted octanol–water partition coefficient (Wildman–Crippen LogP) is 1.06. The maximum Gasteiger partial charge on any atom is 0.247 e. The normalized spacial score (nSPS) is 25.5. The number of rotatable bonds is 4. The van der Waals surface area contributed by atoms with E-state index >= 15 is 0 Å². The summed E-state index contributed by atoms with van der Waals surface area (Å²) in [6, 6.07) is -0.217. The largest absolute Gasteiger partial charge is 0.304 e. The monoisotopic (exact) mass is 248 g/mol. The number of carbonyl (C=O) groups excluding carboxylic acids is 2. The Hall–Kier alpha value is -1.34. The van der Waals surface area contributed by atoms with Gasteiger partial charge in [-0.05, 0) is 12.8 Å². The lowest BCUT2D eigenvalue weighted by molar-refractivity contribution is -0.142. The van der Waals surface area contributed by atoms with Crippen LogP contribution >= 0.6 is 0 Å². The third-order valence-corrected chi connectivity index (χ3v) is 3.78. The van der Waals surface area contributed by atoms with Crippen LogP contribution in [0.1, 0.15) is 44.9 Å². The summed E-state index contributed by atoms with van der Waals surface area (Å²) in [6.45, 7) is 0.596. The fraction of sp³-hybridized carbons (Fsp3) is 0.714. The van der Waals surface area contributed by atoms with Crippen molar-refractivity contribution in [2.75, 3.05) is 6.54 Å². The first-order valence-corrected chi connectivity index (χ1v) is 6.77. The molecule has 1 saturated carbocycles. The Bertz CT molecular complexity index is 366. The SMILES string of the molecule is C#CCCNC1CC(=O)N(C2CCCCC2)C1=O. The van der Waals surface area contributed by atoms with Crippen LogP contribution in [0.3, 0.4) is 0 Å². The Morgan fingerprint density at radius 3 is 2.67 bits per heavy atom. The van der Waals surface area contributed by atoms with Crippen molar-refractivity contribution in [2.45, 2.75) is 57.0 Å².